The monoisotopic (exact) mass is 249 g/mol. The predicted octanol–water partition coefficient (Wildman–Crippen LogP) is 2.83. The van der Waals surface area contributed by atoms with E-state index in [1.54, 1.807) is 5.56 Å². The molecule has 2 fully saturated rings. The van der Waals surface area contributed by atoms with E-state index in [0.717, 1.165) is 17.9 Å². The van der Waals surface area contributed by atoms with E-state index in [1.165, 1.54) is 29.5 Å². The van der Waals surface area contributed by atoms with Crippen molar-refractivity contribution >= 4 is 21.6 Å². The van der Waals surface area contributed by atoms with Crippen molar-refractivity contribution in [2.45, 2.75) is 18.9 Å². The molecule has 3 aliphatic rings. The Labute approximate surface area is 92.2 Å². The predicted molar refractivity (Wildman–Crippen MR) is 60.6 cm³/mol. The number of rotatable bonds is 0. The molecule has 0 bridgehead atoms. The molecule has 2 aliphatic heterocycles. The van der Waals surface area contributed by atoms with Gasteiger partial charge in [-0.15, -0.1) is 0 Å². The van der Waals surface area contributed by atoms with Crippen molar-refractivity contribution < 1.29 is 0 Å². The molecule has 1 aromatic rings. The van der Waals surface area contributed by atoms with Gasteiger partial charge in [-0.3, -0.25) is 0 Å². The molecule has 4 rings (SSSR count). The molecule has 2 heteroatoms. The number of hydrogen-bond acceptors (Lipinski definition) is 1. The summed E-state index contributed by atoms with van der Waals surface area (Å²) in [4.78, 5) is 2.64. The molecule has 1 aliphatic carbocycles. The van der Waals surface area contributed by atoms with Crippen LogP contribution in [0.15, 0.2) is 22.7 Å². The zero-order valence-electron chi connectivity index (χ0n) is 7.91. The number of nitrogens with zero attached hydrogens (tertiary/aromatic N) is 1. The summed E-state index contributed by atoms with van der Waals surface area (Å²) >= 11 is 3.56. The van der Waals surface area contributed by atoms with Crippen LogP contribution in [0.5, 0.6) is 0 Å². The van der Waals surface area contributed by atoms with E-state index in [9.17, 15) is 0 Å². The summed E-state index contributed by atoms with van der Waals surface area (Å²) in [6.07, 6.45) is 2.79. The van der Waals surface area contributed by atoms with Crippen molar-refractivity contribution in [1.29, 1.82) is 0 Å². The Morgan fingerprint density at radius 2 is 2.29 bits per heavy atom. The van der Waals surface area contributed by atoms with Gasteiger partial charge in [-0.2, -0.15) is 0 Å². The fourth-order valence-corrected chi connectivity index (χ4v) is 3.66. The van der Waals surface area contributed by atoms with E-state index in [2.05, 4.69) is 39.0 Å². The molecule has 14 heavy (non-hydrogen) atoms. The first-order valence-electron chi connectivity index (χ1n) is 5.38. The third-order valence-corrected chi connectivity index (χ3v) is 4.58. The highest BCUT2D eigenvalue weighted by atomic mass is 79.9. The molecule has 0 spiro atoms. The van der Waals surface area contributed by atoms with E-state index < -0.39 is 0 Å². The number of piperidine rings is 1. The quantitative estimate of drug-likeness (QED) is 0.684. The second kappa shape index (κ2) is 2.35. The van der Waals surface area contributed by atoms with Gasteiger partial charge in [-0.05, 0) is 42.4 Å². The highest BCUT2D eigenvalue weighted by Gasteiger charge is 2.54. The van der Waals surface area contributed by atoms with Crippen LogP contribution in [-0.2, 0) is 6.42 Å². The molecule has 1 aromatic carbocycles. The van der Waals surface area contributed by atoms with Gasteiger partial charge in [0.25, 0.3) is 0 Å². The van der Waals surface area contributed by atoms with Gasteiger partial charge in [0.2, 0.25) is 0 Å². The summed E-state index contributed by atoms with van der Waals surface area (Å²) < 4.78 is 1.22. The Morgan fingerprint density at radius 1 is 1.36 bits per heavy atom. The van der Waals surface area contributed by atoms with Gasteiger partial charge in [0.15, 0.2) is 0 Å². The van der Waals surface area contributed by atoms with Crippen molar-refractivity contribution in [2.24, 2.45) is 11.8 Å². The second-order valence-electron chi connectivity index (χ2n) is 4.86. The molecule has 1 saturated heterocycles. The van der Waals surface area contributed by atoms with Crippen molar-refractivity contribution in [1.82, 2.24) is 0 Å². The Balaban J connectivity index is 1.83. The lowest BCUT2D eigenvalue weighted by atomic mass is 10.1. The maximum absolute atomic E-state index is 3.56. The van der Waals surface area contributed by atoms with E-state index in [-0.39, 0.29) is 0 Å². The minimum Gasteiger partial charge on any atom is -0.367 e. The molecule has 1 nitrogen and oxygen atoms in total. The van der Waals surface area contributed by atoms with E-state index in [1.807, 2.05) is 0 Å². The lowest BCUT2D eigenvalue weighted by Gasteiger charge is -2.21. The highest BCUT2D eigenvalue weighted by molar-refractivity contribution is 9.10. The van der Waals surface area contributed by atoms with Crippen molar-refractivity contribution in [3.05, 3.63) is 28.2 Å². The molecule has 0 radical (unpaired) electrons. The molecule has 1 saturated carbocycles. The standard InChI is InChI=1S/C12H12BrN/c13-9-2-1-7-4-12-10-3-8(10)6-14(12)11(7)5-9/h1-2,5,8,10,12H,3-4,6H2. The summed E-state index contributed by atoms with van der Waals surface area (Å²) in [5.41, 5.74) is 3.06. The largest absolute Gasteiger partial charge is 0.367 e. The number of halogens is 1. The van der Waals surface area contributed by atoms with Gasteiger partial charge in [0, 0.05) is 22.7 Å². The van der Waals surface area contributed by atoms with Crippen molar-refractivity contribution in [2.75, 3.05) is 11.4 Å². The zero-order chi connectivity index (χ0) is 9.28. The number of anilines is 1. The van der Waals surface area contributed by atoms with E-state index in [0.29, 0.717) is 0 Å². The van der Waals surface area contributed by atoms with Crippen LogP contribution < -0.4 is 4.90 Å². The highest BCUT2D eigenvalue weighted by Crippen LogP contribution is 2.55. The van der Waals surface area contributed by atoms with E-state index >= 15 is 0 Å². The Kier molecular flexibility index (Phi) is 1.30. The third kappa shape index (κ3) is 0.855. The van der Waals surface area contributed by atoms with E-state index in [4.69, 9.17) is 0 Å². The third-order valence-electron chi connectivity index (χ3n) is 4.09. The molecular formula is C12H12BrN. The fourth-order valence-electron chi connectivity index (χ4n) is 3.31. The minimum absolute atomic E-state index is 0.851. The summed E-state index contributed by atoms with van der Waals surface area (Å²) in [5.74, 6) is 2.06. The molecule has 0 amide bonds. The van der Waals surface area contributed by atoms with Gasteiger partial charge >= 0.3 is 0 Å². The summed E-state index contributed by atoms with van der Waals surface area (Å²) in [6, 6.07) is 7.60. The summed E-state index contributed by atoms with van der Waals surface area (Å²) in [6.45, 7) is 1.32. The van der Waals surface area contributed by atoms with Crippen LogP contribution in [0.2, 0.25) is 0 Å². The van der Waals surface area contributed by atoms with Gasteiger partial charge in [-0.25, -0.2) is 0 Å². The SMILES string of the molecule is Brc1ccc2c(c1)N1CC3CC3C1C2. The van der Waals surface area contributed by atoms with Crippen LogP contribution in [0.4, 0.5) is 5.69 Å². The van der Waals surface area contributed by atoms with Crippen LogP contribution in [0.25, 0.3) is 0 Å². The number of hydrogen-bond donors (Lipinski definition) is 0. The lowest BCUT2D eigenvalue weighted by molar-refractivity contribution is 0.627. The Hall–Kier alpha value is -0.500. The normalized spacial score (nSPS) is 36.6. The van der Waals surface area contributed by atoms with Crippen LogP contribution >= 0.6 is 15.9 Å². The zero-order valence-corrected chi connectivity index (χ0v) is 9.50. The molecule has 3 unspecified atom stereocenters. The van der Waals surface area contributed by atoms with Gasteiger partial charge in [0.1, 0.15) is 0 Å². The maximum atomic E-state index is 3.56. The summed E-state index contributed by atoms with van der Waals surface area (Å²) in [7, 11) is 0. The van der Waals surface area contributed by atoms with Crippen molar-refractivity contribution in [3.8, 4) is 0 Å². The molecular weight excluding hydrogens is 238 g/mol. The summed E-state index contributed by atoms with van der Waals surface area (Å²) in [5, 5.41) is 0. The van der Waals surface area contributed by atoms with Crippen molar-refractivity contribution in [3.63, 3.8) is 0 Å². The van der Waals surface area contributed by atoms with Gasteiger partial charge in [-0.1, -0.05) is 22.0 Å². The Bertz CT molecular complexity index is 415. The number of fused-ring (bicyclic) bond motifs is 5. The van der Waals surface area contributed by atoms with Crippen LogP contribution in [-0.4, -0.2) is 12.6 Å². The lowest BCUT2D eigenvalue weighted by Crippen LogP contribution is -2.28. The fraction of sp³-hybridized carbons (Fsp3) is 0.500. The van der Waals surface area contributed by atoms with Crippen LogP contribution in [0.3, 0.4) is 0 Å². The van der Waals surface area contributed by atoms with Crippen LogP contribution in [0, 0.1) is 11.8 Å². The molecule has 3 atom stereocenters. The number of benzene rings is 1. The first-order valence-corrected chi connectivity index (χ1v) is 6.17. The van der Waals surface area contributed by atoms with Gasteiger partial charge in [0.05, 0.1) is 0 Å². The topological polar surface area (TPSA) is 3.24 Å². The molecule has 72 valence electrons. The molecule has 0 N–H and O–H groups in total. The minimum atomic E-state index is 0.851. The molecule has 2 heterocycles. The smallest absolute Gasteiger partial charge is 0.0413 e. The second-order valence-corrected chi connectivity index (χ2v) is 5.77. The molecule has 0 aromatic heterocycles. The van der Waals surface area contributed by atoms with Crippen LogP contribution in [0.1, 0.15) is 12.0 Å². The maximum Gasteiger partial charge on any atom is 0.0413 e. The van der Waals surface area contributed by atoms with Gasteiger partial charge < -0.3 is 4.90 Å². The first kappa shape index (κ1) is 7.75. The average Bonchev–Trinajstić information content (AvgIpc) is 2.72. The Morgan fingerprint density at radius 3 is 3.21 bits per heavy atom. The first-order chi connectivity index (χ1) is 6.83. The average molecular weight is 250 g/mol.